The van der Waals surface area contributed by atoms with E-state index in [2.05, 4.69) is 21.2 Å². The molecule has 0 aliphatic carbocycles. The summed E-state index contributed by atoms with van der Waals surface area (Å²) in [6.07, 6.45) is 0. The number of thioether (sulfide) groups is 1. The number of hydrogen-bond donors (Lipinski definition) is 3. The zero-order valence-corrected chi connectivity index (χ0v) is 19.3. The van der Waals surface area contributed by atoms with Crippen molar-refractivity contribution in [1.29, 1.82) is 0 Å². The first kappa shape index (κ1) is 23.4. The standard InChI is InChI=1S/C24H19FN4O3S2/c25-18-6-2-1-5-17(18)23(32)26-13-21(30)28-29-22(31)16-11-9-15(10-12-16)14-33-24-27-19-7-3-4-8-20(19)34-24/h1-12H,13-14H2,(H,26,32)(H,28,30)(H,29,31). The molecular formula is C24H19FN4O3S2. The van der Waals surface area contributed by atoms with E-state index in [-0.39, 0.29) is 5.56 Å². The molecule has 0 saturated heterocycles. The van der Waals surface area contributed by atoms with Crippen molar-refractivity contribution < 1.29 is 18.8 Å². The lowest BCUT2D eigenvalue weighted by Crippen LogP contribution is -2.46. The lowest BCUT2D eigenvalue weighted by molar-refractivity contribution is -0.120. The Morgan fingerprint density at radius 2 is 1.62 bits per heavy atom. The molecule has 1 heterocycles. The van der Waals surface area contributed by atoms with Gasteiger partial charge in [-0.25, -0.2) is 9.37 Å². The smallest absolute Gasteiger partial charge is 0.269 e. The Morgan fingerprint density at radius 1 is 0.882 bits per heavy atom. The predicted molar refractivity (Wildman–Crippen MR) is 130 cm³/mol. The molecule has 0 radical (unpaired) electrons. The summed E-state index contributed by atoms with van der Waals surface area (Å²) in [4.78, 5) is 40.7. The summed E-state index contributed by atoms with van der Waals surface area (Å²) in [5, 5.41) is 2.30. The summed E-state index contributed by atoms with van der Waals surface area (Å²) in [5.74, 6) is -1.85. The second kappa shape index (κ2) is 10.9. The lowest BCUT2D eigenvalue weighted by Gasteiger charge is -2.09. The molecule has 10 heteroatoms. The van der Waals surface area contributed by atoms with Crippen LogP contribution in [-0.4, -0.2) is 29.3 Å². The van der Waals surface area contributed by atoms with Crippen LogP contribution in [0.4, 0.5) is 4.39 Å². The molecule has 4 rings (SSSR count). The molecule has 3 N–H and O–H groups in total. The molecule has 1 aromatic heterocycles. The number of hydrogen-bond acceptors (Lipinski definition) is 6. The lowest BCUT2D eigenvalue weighted by atomic mass is 10.1. The number of thiazole rings is 1. The van der Waals surface area contributed by atoms with E-state index in [1.807, 2.05) is 36.4 Å². The fraction of sp³-hybridized carbons (Fsp3) is 0.0833. The van der Waals surface area contributed by atoms with E-state index in [0.717, 1.165) is 26.2 Å². The molecule has 0 unspecified atom stereocenters. The highest BCUT2D eigenvalue weighted by atomic mass is 32.2. The molecule has 34 heavy (non-hydrogen) atoms. The number of halogens is 1. The van der Waals surface area contributed by atoms with Crippen LogP contribution >= 0.6 is 23.1 Å². The first-order valence-corrected chi connectivity index (χ1v) is 12.0. The Labute approximate surface area is 202 Å². The van der Waals surface area contributed by atoms with Gasteiger partial charge in [-0.15, -0.1) is 11.3 Å². The van der Waals surface area contributed by atoms with Gasteiger partial charge in [-0.3, -0.25) is 25.2 Å². The van der Waals surface area contributed by atoms with Crippen molar-refractivity contribution in [3.63, 3.8) is 0 Å². The van der Waals surface area contributed by atoms with Crippen LogP contribution in [0.25, 0.3) is 10.2 Å². The SMILES string of the molecule is O=C(CNC(=O)c1ccccc1F)NNC(=O)c1ccc(CSc2nc3ccccc3s2)cc1. The summed E-state index contributed by atoms with van der Waals surface area (Å²) in [6.45, 7) is -0.421. The highest BCUT2D eigenvalue weighted by molar-refractivity contribution is 8.00. The van der Waals surface area contributed by atoms with E-state index in [0.29, 0.717) is 11.3 Å². The second-order valence-corrected chi connectivity index (χ2v) is 9.35. The van der Waals surface area contributed by atoms with E-state index in [9.17, 15) is 18.8 Å². The van der Waals surface area contributed by atoms with Gasteiger partial charge in [0.2, 0.25) is 0 Å². The maximum Gasteiger partial charge on any atom is 0.269 e. The zero-order chi connectivity index (χ0) is 23.9. The number of carbonyl (C=O) groups is 3. The maximum absolute atomic E-state index is 13.6. The molecule has 0 bridgehead atoms. The number of fused-ring (bicyclic) bond motifs is 1. The average molecular weight is 495 g/mol. The van der Waals surface area contributed by atoms with Gasteiger partial charge < -0.3 is 5.32 Å². The van der Waals surface area contributed by atoms with Crippen LogP contribution in [0, 0.1) is 5.82 Å². The molecule has 4 aromatic rings. The monoisotopic (exact) mass is 494 g/mol. The summed E-state index contributed by atoms with van der Waals surface area (Å²) < 4.78 is 15.7. The van der Waals surface area contributed by atoms with Crippen molar-refractivity contribution >= 4 is 51.0 Å². The highest BCUT2D eigenvalue weighted by Crippen LogP contribution is 2.31. The minimum Gasteiger partial charge on any atom is -0.343 e. The largest absolute Gasteiger partial charge is 0.343 e. The number of aromatic nitrogens is 1. The molecule has 172 valence electrons. The number of nitrogens with zero attached hydrogens (tertiary/aromatic N) is 1. The van der Waals surface area contributed by atoms with E-state index in [1.54, 1.807) is 35.2 Å². The molecule has 0 spiro atoms. The van der Waals surface area contributed by atoms with Gasteiger partial charge in [0.15, 0.2) is 4.34 Å². The van der Waals surface area contributed by atoms with E-state index >= 15 is 0 Å². The van der Waals surface area contributed by atoms with E-state index in [1.165, 1.54) is 18.2 Å². The van der Waals surface area contributed by atoms with Crippen LogP contribution in [0.2, 0.25) is 0 Å². The van der Waals surface area contributed by atoms with Crippen molar-refractivity contribution in [3.05, 3.63) is 95.3 Å². The minimum atomic E-state index is -0.723. The van der Waals surface area contributed by atoms with Crippen molar-refractivity contribution in [2.75, 3.05) is 6.54 Å². The number of carbonyl (C=O) groups excluding carboxylic acids is 3. The first-order valence-electron chi connectivity index (χ1n) is 10.2. The molecule has 0 atom stereocenters. The number of para-hydroxylation sites is 1. The van der Waals surface area contributed by atoms with Crippen molar-refractivity contribution in [2.24, 2.45) is 0 Å². The van der Waals surface area contributed by atoms with Gasteiger partial charge >= 0.3 is 0 Å². The van der Waals surface area contributed by atoms with E-state index < -0.39 is 30.1 Å². The number of nitrogens with one attached hydrogen (secondary N) is 3. The molecule has 0 fully saturated rings. The summed E-state index contributed by atoms with van der Waals surface area (Å²) in [7, 11) is 0. The third-order valence-electron chi connectivity index (χ3n) is 4.70. The van der Waals surface area contributed by atoms with Crippen molar-refractivity contribution in [2.45, 2.75) is 10.1 Å². The van der Waals surface area contributed by atoms with Gasteiger partial charge in [-0.05, 0) is 42.0 Å². The van der Waals surface area contributed by atoms with Gasteiger partial charge in [0.05, 0.1) is 22.3 Å². The van der Waals surface area contributed by atoms with Crippen LogP contribution in [-0.2, 0) is 10.5 Å². The van der Waals surface area contributed by atoms with Crippen molar-refractivity contribution in [1.82, 2.24) is 21.2 Å². The molecule has 7 nitrogen and oxygen atoms in total. The zero-order valence-electron chi connectivity index (χ0n) is 17.7. The maximum atomic E-state index is 13.6. The average Bonchev–Trinajstić information content (AvgIpc) is 3.28. The number of amides is 3. The Morgan fingerprint density at radius 3 is 2.38 bits per heavy atom. The van der Waals surface area contributed by atoms with Crippen LogP contribution in [0.1, 0.15) is 26.3 Å². The van der Waals surface area contributed by atoms with Gasteiger partial charge in [0, 0.05) is 11.3 Å². The number of benzene rings is 3. The van der Waals surface area contributed by atoms with Crippen LogP contribution in [0.15, 0.2) is 77.1 Å². The van der Waals surface area contributed by atoms with Crippen molar-refractivity contribution in [3.8, 4) is 0 Å². The Bertz CT molecular complexity index is 1310. The number of rotatable bonds is 7. The van der Waals surface area contributed by atoms with Gasteiger partial charge in [-0.1, -0.05) is 48.2 Å². The first-order chi connectivity index (χ1) is 16.5. The third kappa shape index (κ3) is 5.97. The molecule has 3 amide bonds. The Balaban J connectivity index is 1.22. The van der Waals surface area contributed by atoms with E-state index in [4.69, 9.17) is 0 Å². The topological polar surface area (TPSA) is 100 Å². The summed E-state index contributed by atoms with van der Waals surface area (Å²) in [6, 6.07) is 20.4. The highest BCUT2D eigenvalue weighted by Gasteiger charge is 2.13. The molecule has 0 aliphatic heterocycles. The molecule has 0 saturated carbocycles. The predicted octanol–water partition coefficient (Wildman–Crippen LogP) is 3.92. The fourth-order valence-electron chi connectivity index (χ4n) is 2.95. The fourth-order valence-corrected chi connectivity index (χ4v) is 4.98. The number of hydrazine groups is 1. The summed E-state index contributed by atoms with van der Waals surface area (Å²) in [5.41, 5.74) is 6.72. The Kier molecular flexibility index (Phi) is 7.51. The van der Waals surface area contributed by atoms with Gasteiger partial charge in [0.25, 0.3) is 17.7 Å². The minimum absolute atomic E-state index is 0.166. The van der Waals surface area contributed by atoms with Gasteiger partial charge in [-0.2, -0.15) is 0 Å². The summed E-state index contributed by atoms with van der Waals surface area (Å²) >= 11 is 3.27. The van der Waals surface area contributed by atoms with Gasteiger partial charge in [0.1, 0.15) is 5.82 Å². The Hall–Kier alpha value is -3.76. The van der Waals surface area contributed by atoms with Crippen LogP contribution in [0.3, 0.4) is 0 Å². The quantitative estimate of drug-likeness (QED) is 0.267. The van der Waals surface area contributed by atoms with Crippen LogP contribution < -0.4 is 16.2 Å². The molecule has 3 aromatic carbocycles. The molecular weight excluding hydrogens is 475 g/mol. The normalized spacial score (nSPS) is 10.6. The molecule has 0 aliphatic rings. The third-order valence-corrected chi connectivity index (χ3v) is 6.95. The van der Waals surface area contributed by atoms with Crippen LogP contribution in [0.5, 0.6) is 0 Å². The second-order valence-electron chi connectivity index (χ2n) is 7.10.